The van der Waals surface area contributed by atoms with Crippen molar-refractivity contribution < 1.29 is 29.0 Å². The fourth-order valence-electron chi connectivity index (χ4n) is 26.6. The number of rotatable bonds is 8. The monoisotopic (exact) mass is 1320 g/mol. The van der Waals surface area contributed by atoms with E-state index >= 15 is 0 Å². The van der Waals surface area contributed by atoms with Crippen LogP contribution in [-0.2, 0) is 19.2 Å². The number of non-ortho nitro benzene ring substituents is 2. The molecule has 520 valence electrons. The van der Waals surface area contributed by atoms with Crippen molar-refractivity contribution in [2.75, 3.05) is 62.2 Å². The van der Waals surface area contributed by atoms with Crippen molar-refractivity contribution in [1.29, 1.82) is 0 Å². The van der Waals surface area contributed by atoms with Gasteiger partial charge in [0.05, 0.1) is 15.3 Å². The van der Waals surface area contributed by atoms with Crippen molar-refractivity contribution in [3.05, 3.63) is 93.1 Å². The van der Waals surface area contributed by atoms with Gasteiger partial charge in [-0.05, 0) is 257 Å². The van der Waals surface area contributed by atoms with Crippen molar-refractivity contribution in [3.8, 4) is 0 Å². The summed E-state index contributed by atoms with van der Waals surface area (Å²) >= 11 is 6.42. The Bertz CT molecular complexity index is 3370. The van der Waals surface area contributed by atoms with Gasteiger partial charge in [-0.15, -0.1) is 0 Å². The number of hydrogen-bond acceptors (Lipinski definition) is 11. The molecule has 14 nitrogen and oxygen atoms in total. The van der Waals surface area contributed by atoms with Crippen molar-refractivity contribution in [2.24, 2.45) is 113 Å². The molecule has 95 heavy (non-hydrogen) atoms. The second kappa shape index (κ2) is 24.7. The van der Waals surface area contributed by atoms with Crippen molar-refractivity contribution in [1.82, 2.24) is 10.2 Å². The van der Waals surface area contributed by atoms with Crippen LogP contribution in [0, 0.1) is 134 Å². The minimum absolute atomic E-state index is 0.0752. The highest BCUT2D eigenvalue weighted by atomic mass is 35.5. The van der Waals surface area contributed by atoms with Gasteiger partial charge >= 0.3 is 0 Å². The molecule has 12 aliphatic rings. The number of fused-ring (bicyclic) bond motifs is 14. The lowest BCUT2D eigenvalue weighted by molar-refractivity contribution is -0.385. The van der Waals surface area contributed by atoms with E-state index < -0.39 is 0 Å². The molecule has 1 amide bonds. The number of piperazine rings is 2. The summed E-state index contributed by atoms with van der Waals surface area (Å²) in [5.41, 5.74) is 4.97. The van der Waals surface area contributed by atoms with E-state index in [1.807, 2.05) is 24.3 Å². The Morgan fingerprint density at radius 2 is 0.874 bits per heavy atom. The van der Waals surface area contributed by atoms with Gasteiger partial charge in [0, 0.05) is 117 Å². The summed E-state index contributed by atoms with van der Waals surface area (Å²) in [7, 11) is 0. The highest BCUT2D eigenvalue weighted by Crippen LogP contribution is 2.80. The molecule has 2 aromatic rings. The van der Waals surface area contributed by atoms with Crippen LogP contribution in [0.1, 0.15) is 212 Å². The molecule has 2 aromatic carbocycles. The zero-order valence-corrected chi connectivity index (χ0v) is 60.7. The van der Waals surface area contributed by atoms with Gasteiger partial charge in [0.1, 0.15) is 11.6 Å². The predicted molar refractivity (Wildman–Crippen MR) is 379 cm³/mol. The van der Waals surface area contributed by atoms with E-state index in [1.54, 1.807) is 24.3 Å². The first kappa shape index (κ1) is 69.9. The Kier molecular flexibility index (Phi) is 18.2. The largest absolute Gasteiger partial charge is 0.369 e. The van der Waals surface area contributed by atoms with E-state index in [0.29, 0.717) is 89.7 Å². The number of hydrogen-bond donors (Lipinski definition) is 1. The Hall–Kier alpha value is -4.95. The van der Waals surface area contributed by atoms with Crippen molar-refractivity contribution >= 4 is 57.1 Å². The van der Waals surface area contributed by atoms with E-state index in [9.17, 15) is 39.4 Å². The fourth-order valence-corrected chi connectivity index (χ4v) is 26.9. The van der Waals surface area contributed by atoms with E-state index in [-0.39, 0.29) is 80.6 Å². The topological polar surface area (TPSA) is 176 Å². The second-order valence-electron chi connectivity index (χ2n) is 35.8. The van der Waals surface area contributed by atoms with Gasteiger partial charge in [0.25, 0.3) is 11.4 Å². The number of allylic oxidation sites excluding steroid dienone is 2. The molecule has 4 unspecified atom stereocenters. The van der Waals surface area contributed by atoms with Gasteiger partial charge in [-0.1, -0.05) is 93.5 Å². The molecule has 1 N–H and O–H groups in total. The third-order valence-electron chi connectivity index (χ3n) is 32.0. The average Bonchev–Trinajstić information content (AvgIpc) is 1.62. The van der Waals surface area contributed by atoms with Gasteiger partial charge in [0.15, 0.2) is 0 Å². The van der Waals surface area contributed by atoms with Gasteiger partial charge in [-0.25, -0.2) is 0 Å². The number of nitrogens with one attached hydrogen (secondary N) is 1. The summed E-state index contributed by atoms with van der Waals surface area (Å²) in [6.45, 7) is 44.5. The first-order valence-corrected chi connectivity index (χ1v) is 37.6. The second-order valence-corrected chi connectivity index (χ2v) is 36.2. The average molecular weight is 1320 g/mol. The third kappa shape index (κ3) is 10.7. The first-order chi connectivity index (χ1) is 44.6. The summed E-state index contributed by atoms with van der Waals surface area (Å²) in [4.78, 5) is 81.5. The number of halogens is 1. The van der Waals surface area contributed by atoms with Crippen LogP contribution in [-0.4, -0.2) is 89.8 Å². The minimum atomic E-state index is -0.373. The number of anilines is 2. The maximum absolute atomic E-state index is 14.9. The van der Waals surface area contributed by atoms with Crippen LogP contribution in [0.5, 0.6) is 0 Å². The molecule has 0 aromatic heterocycles. The maximum Gasteiger partial charge on any atom is 0.269 e. The molecule has 2 heterocycles. The lowest BCUT2D eigenvalue weighted by Gasteiger charge is -2.72. The molecule has 10 aliphatic carbocycles. The van der Waals surface area contributed by atoms with Crippen LogP contribution in [0.15, 0.2) is 72.8 Å². The highest BCUT2D eigenvalue weighted by Gasteiger charge is 2.74. The Morgan fingerprint density at radius 3 is 1.27 bits per heavy atom. The number of Topliss-reactive ketones (excluding diaryl/α,β-unsaturated/α-hetero) is 2. The van der Waals surface area contributed by atoms with E-state index in [2.05, 4.69) is 116 Å². The molecule has 12 fully saturated rings. The Balaban J connectivity index is 0.000000155. The lowest BCUT2D eigenvalue weighted by atomic mass is 9.32. The number of benzene rings is 2. The molecule has 14 rings (SSSR count). The normalized spacial score (nSPS) is 42.0. The van der Waals surface area contributed by atoms with E-state index in [1.165, 1.54) is 56.1 Å². The van der Waals surface area contributed by atoms with Gasteiger partial charge in [0.2, 0.25) is 11.1 Å². The van der Waals surface area contributed by atoms with Crippen molar-refractivity contribution in [2.45, 2.75) is 212 Å². The van der Waals surface area contributed by atoms with Crippen LogP contribution >= 0.6 is 11.6 Å². The van der Waals surface area contributed by atoms with Crippen LogP contribution in [0.25, 0.3) is 0 Å². The zero-order valence-electron chi connectivity index (χ0n) is 60.0. The summed E-state index contributed by atoms with van der Waals surface area (Å²) in [6.07, 6.45) is 21.3. The van der Waals surface area contributed by atoms with Crippen LogP contribution in [0.4, 0.5) is 22.7 Å². The van der Waals surface area contributed by atoms with Crippen LogP contribution < -0.4 is 15.1 Å². The van der Waals surface area contributed by atoms with Gasteiger partial charge in [-0.2, -0.15) is 0 Å². The molecule has 10 saturated carbocycles. The summed E-state index contributed by atoms with van der Waals surface area (Å²) in [5, 5.41) is 24.8. The maximum atomic E-state index is 14.9. The minimum Gasteiger partial charge on any atom is -0.369 e. The van der Waals surface area contributed by atoms with Gasteiger partial charge in [-0.3, -0.25) is 39.4 Å². The Labute approximate surface area is 573 Å². The number of nitro groups is 2. The predicted octanol–water partition coefficient (Wildman–Crippen LogP) is 17.5. The first-order valence-electron chi connectivity index (χ1n) is 37.2. The van der Waals surface area contributed by atoms with E-state index in [4.69, 9.17) is 11.6 Å². The summed E-state index contributed by atoms with van der Waals surface area (Å²) < 4.78 is 0. The number of ketones is 2. The molecular weight excluding hydrogens is 1210 g/mol. The molecule has 0 radical (unpaired) electrons. The fraction of sp³-hybridized carbons (Fsp3) is 0.750. The number of carbonyl (C=O) groups is 4. The molecule has 2 aliphatic heterocycles. The van der Waals surface area contributed by atoms with E-state index in [0.717, 1.165) is 134 Å². The summed E-state index contributed by atoms with van der Waals surface area (Å²) in [5.74, 6) is 6.10. The number of nitro benzene ring substituents is 2. The summed E-state index contributed by atoms with van der Waals surface area (Å²) in [6, 6.07) is 13.5. The Morgan fingerprint density at radius 1 is 0.484 bits per heavy atom. The molecule has 0 spiro atoms. The molecule has 15 heteroatoms. The number of nitrogens with zero attached hydrogens (tertiary/aromatic N) is 5. The lowest BCUT2D eigenvalue weighted by Crippen LogP contribution is -2.67. The van der Waals surface area contributed by atoms with Crippen LogP contribution in [0.2, 0.25) is 0 Å². The zero-order chi connectivity index (χ0) is 68.6. The molecule has 0 bridgehead atoms. The molecular formula is C80H115ClN6O8. The highest BCUT2D eigenvalue weighted by molar-refractivity contribution is 6.64. The number of carbonyl (C=O) groups excluding carboxylic acids is 4. The van der Waals surface area contributed by atoms with Crippen LogP contribution in [0.3, 0.4) is 0 Å². The smallest absolute Gasteiger partial charge is 0.269 e. The SMILES string of the molecule is C=C(C)[C@@H]1CC[C@]2(C(=O)Cl)CC[C@]3(C)C(CC[C@@H]4[C@@]5(C)CCC(=O)C(C)(C)C5CC[C@]43C)[C@@H]12.C=C(C)[C@@H]1CC[C@]2(C(=O)N3CCN(c4ccc([N+](=O)[O-])cc4)CC3)CC[C@]3(C)C(CC[C@@H]4[C@@]5(C)CCC(=O)C(C)(C)C5CC[C@]43C)[C@@H]12.O=[N+]([O-])c1ccc(N2CCNCC2)cc1. The molecule has 18 atom stereocenters. The third-order valence-corrected chi connectivity index (χ3v) is 32.4. The quantitative estimate of drug-likeness (QED) is 0.115. The van der Waals surface area contributed by atoms with Crippen molar-refractivity contribution in [3.63, 3.8) is 0 Å². The standard InChI is InChI=1S/C40H57N3O4.C30H45ClO2.C10H13N3O2/c1-26(2)29-14-19-40(35(45)42-24-22-41(23-25-42)27-8-10-28(11-9-27)43(46)47)21-20-38(6)30(34(29)40)12-13-32-37(5)17-16-33(44)36(3,4)31(37)15-18-39(32,38)7;1-18(2)19-10-15-30(25(31)33)17-16-28(6)20(24(19)30)8-9-22-27(5)13-12-23(32)26(3,4)21(27)11-14-29(22,28)7;14-13(15)10-3-1-9(2-4-10)12-7-5-11-6-8-12/h8-11,29-32,34H,1,12-25H2,2-7H3;19-22,24H,1,8-17H2,2-7H3;1-4,11H,5-8H2/t29-,30?,31?,32+,34+,37-,38+,39+,40-;19-,20?,21?,22+,24+,27-,28+,29+,30-;/m00./s1. The number of amides is 1. The molecule has 2 saturated heterocycles. The van der Waals surface area contributed by atoms with Gasteiger partial charge < -0.3 is 20.0 Å².